The van der Waals surface area contributed by atoms with Crippen LogP contribution in [0.5, 0.6) is 0 Å². The van der Waals surface area contributed by atoms with Crippen LogP contribution in [0.3, 0.4) is 0 Å². The molecule has 1 N–H and O–H groups in total. The summed E-state index contributed by atoms with van der Waals surface area (Å²) >= 11 is 12.0. The highest BCUT2D eigenvalue weighted by atomic mass is 35.5. The third-order valence-corrected chi connectivity index (χ3v) is 4.09. The molecule has 1 aliphatic heterocycles. The van der Waals surface area contributed by atoms with Gasteiger partial charge in [0.25, 0.3) is 5.91 Å². The highest BCUT2D eigenvalue weighted by Crippen LogP contribution is 2.29. The zero-order valence-corrected chi connectivity index (χ0v) is 12.4. The Morgan fingerprint density at radius 3 is 2.60 bits per heavy atom. The summed E-state index contributed by atoms with van der Waals surface area (Å²) in [5.41, 5.74) is 0.929. The SMILES string of the molecule is O=C1NC(=S)SC1=Cc1ccc(-c2ccc(Cl)cc2)o1. The van der Waals surface area contributed by atoms with Gasteiger partial charge in [-0.1, -0.05) is 35.6 Å². The van der Waals surface area contributed by atoms with E-state index in [-0.39, 0.29) is 5.91 Å². The molecule has 1 fully saturated rings. The lowest BCUT2D eigenvalue weighted by Crippen LogP contribution is -2.17. The quantitative estimate of drug-likeness (QED) is 0.668. The maximum atomic E-state index is 11.6. The van der Waals surface area contributed by atoms with Crippen LogP contribution in [0.4, 0.5) is 0 Å². The number of hydrogen-bond acceptors (Lipinski definition) is 4. The summed E-state index contributed by atoms with van der Waals surface area (Å²) in [7, 11) is 0. The Morgan fingerprint density at radius 1 is 1.20 bits per heavy atom. The highest BCUT2D eigenvalue weighted by Gasteiger charge is 2.22. The molecule has 0 radical (unpaired) electrons. The van der Waals surface area contributed by atoms with E-state index in [9.17, 15) is 4.79 Å². The molecule has 0 spiro atoms. The number of furan rings is 1. The van der Waals surface area contributed by atoms with Gasteiger partial charge in [-0.2, -0.15) is 0 Å². The van der Waals surface area contributed by atoms with Gasteiger partial charge in [0, 0.05) is 16.7 Å². The fraction of sp³-hybridized carbons (Fsp3) is 0. The lowest BCUT2D eigenvalue weighted by molar-refractivity contribution is -0.115. The number of carbonyl (C=O) groups is 1. The Labute approximate surface area is 130 Å². The number of hydrogen-bond donors (Lipinski definition) is 1. The summed E-state index contributed by atoms with van der Waals surface area (Å²) in [5.74, 6) is 1.14. The molecule has 6 heteroatoms. The Balaban J connectivity index is 1.87. The van der Waals surface area contributed by atoms with Gasteiger partial charge in [-0.3, -0.25) is 4.79 Å². The standard InChI is InChI=1S/C14H8ClNO2S2/c15-9-3-1-8(2-4-9)11-6-5-10(18-11)7-12-13(17)16-14(19)20-12/h1-7H,(H,16,17,19). The molecule has 0 saturated carbocycles. The molecule has 1 aliphatic rings. The van der Waals surface area contributed by atoms with E-state index in [0.29, 0.717) is 20.0 Å². The first-order valence-corrected chi connectivity index (χ1v) is 7.33. The smallest absolute Gasteiger partial charge is 0.263 e. The minimum atomic E-state index is -0.190. The van der Waals surface area contributed by atoms with Crippen molar-refractivity contribution < 1.29 is 9.21 Å². The van der Waals surface area contributed by atoms with Crippen molar-refractivity contribution in [3.05, 3.63) is 52.1 Å². The zero-order valence-electron chi connectivity index (χ0n) is 10.1. The molecular weight excluding hydrogens is 314 g/mol. The minimum Gasteiger partial charge on any atom is -0.457 e. The van der Waals surface area contributed by atoms with Crippen molar-refractivity contribution in [1.82, 2.24) is 5.32 Å². The van der Waals surface area contributed by atoms with Crippen LogP contribution in [0.25, 0.3) is 17.4 Å². The predicted octanol–water partition coefficient (Wildman–Crippen LogP) is 4.09. The van der Waals surface area contributed by atoms with Crippen LogP contribution in [0, 0.1) is 0 Å². The van der Waals surface area contributed by atoms with E-state index in [1.165, 1.54) is 11.8 Å². The van der Waals surface area contributed by atoms with Gasteiger partial charge in [0.05, 0.1) is 4.91 Å². The van der Waals surface area contributed by atoms with Gasteiger partial charge in [0.15, 0.2) is 0 Å². The molecule has 2 aromatic rings. The number of benzene rings is 1. The van der Waals surface area contributed by atoms with Gasteiger partial charge in [-0.05, 0) is 36.4 Å². The predicted molar refractivity (Wildman–Crippen MR) is 85.5 cm³/mol. The zero-order chi connectivity index (χ0) is 14.1. The molecule has 100 valence electrons. The summed E-state index contributed by atoms with van der Waals surface area (Å²) < 4.78 is 6.16. The van der Waals surface area contributed by atoms with E-state index >= 15 is 0 Å². The average Bonchev–Trinajstić information content (AvgIpc) is 2.98. The van der Waals surface area contributed by atoms with Crippen LogP contribution in [-0.2, 0) is 4.79 Å². The van der Waals surface area contributed by atoms with E-state index in [0.717, 1.165) is 11.3 Å². The van der Waals surface area contributed by atoms with E-state index < -0.39 is 0 Å². The van der Waals surface area contributed by atoms with Crippen LogP contribution in [-0.4, -0.2) is 10.2 Å². The van der Waals surface area contributed by atoms with Crippen LogP contribution < -0.4 is 5.32 Å². The second kappa shape index (κ2) is 5.44. The van der Waals surface area contributed by atoms with Gasteiger partial charge < -0.3 is 9.73 Å². The molecular formula is C14H8ClNO2S2. The summed E-state index contributed by atoms with van der Waals surface area (Å²) in [4.78, 5) is 12.1. The van der Waals surface area contributed by atoms with Gasteiger partial charge >= 0.3 is 0 Å². The molecule has 1 aromatic heterocycles. The molecule has 0 unspecified atom stereocenters. The fourth-order valence-corrected chi connectivity index (χ4v) is 2.90. The normalized spacial score (nSPS) is 16.8. The number of rotatable bonds is 2. The Hall–Kier alpha value is -1.56. The lowest BCUT2D eigenvalue weighted by atomic mass is 10.2. The van der Waals surface area contributed by atoms with E-state index in [2.05, 4.69) is 5.32 Å². The van der Waals surface area contributed by atoms with Crippen molar-refractivity contribution in [2.75, 3.05) is 0 Å². The van der Waals surface area contributed by atoms with E-state index in [1.54, 1.807) is 18.2 Å². The van der Waals surface area contributed by atoms with Crippen LogP contribution in [0.2, 0.25) is 5.02 Å². The summed E-state index contributed by atoms with van der Waals surface area (Å²) in [5, 5.41) is 3.24. The molecule has 3 rings (SSSR count). The molecule has 0 aliphatic carbocycles. The van der Waals surface area contributed by atoms with Gasteiger partial charge in [0.2, 0.25) is 0 Å². The Morgan fingerprint density at radius 2 is 1.95 bits per heavy atom. The number of amides is 1. The van der Waals surface area contributed by atoms with E-state index in [4.69, 9.17) is 28.2 Å². The number of carbonyl (C=O) groups excluding carboxylic acids is 1. The Bertz CT molecular complexity index is 719. The third kappa shape index (κ3) is 2.80. The first-order chi connectivity index (χ1) is 9.61. The first-order valence-electron chi connectivity index (χ1n) is 5.72. The van der Waals surface area contributed by atoms with E-state index in [1.807, 2.05) is 24.3 Å². The maximum absolute atomic E-state index is 11.6. The van der Waals surface area contributed by atoms with Crippen molar-refractivity contribution in [2.24, 2.45) is 0 Å². The molecule has 1 amide bonds. The highest BCUT2D eigenvalue weighted by molar-refractivity contribution is 8.26. The lowest BCUT2D eigenvalue weighted by Gasteiger charge is -1.96. The maximum Gasteiger partial charge on any atom is 0.263 e. The Kier molecular flexibility index (Phi) is 3.65. The van der Waals surface area contributed by atoms with Gasteiger partial charge in [0.1, 0.15) is 15.8 Å². The van der Waals surface area contributed by atoms with Crippen molar-refractivity contribution in [3.63, 3.8) is 0 Å². The number of nitrogens with one attached hydrogen (secondary N) is 1. The summed E-state index contributed by atoms with van der Waals surface area (Å²) in [6, 6.07) is 11.0. The number of thiocarbonyl (C=S) groups is 1. The number of thioether (sulfide) groups is 1. The molecule has 2 heterocycles. The van der Waals surface area contributed by atoms with Crippen molar-refractivity contribution >= 4 is 51.9 Å². The topological polar surface area (TPSA) is 42.2 Å². The molecule has 0 atom stereocenters. The van der Waals surface area contributed by atoms with Gasteiger partial charge in [-0.25, -0.2) is 0 Å². The van der Waals surface area contributed by atoms with Gasteiger partial charge in [-0.15, -0.1) is 0 Å². The molecule has 1 saturated heterocycles. The molecule has 1 aromatic carbocycles. The summed E-state index contributed by atoms with van der Waals surface area (Å²) in [6.07, 6.45) is 1.68. The van der Waals surface area contributed by atoms with Crippen LogP contribution in [0.15, 0.2) is 45.7 Å². The van der Waals surface area contributed by atoms with Crippen molar-refractivity contribution in [3.8, 4) is 11.3 Å². The van der Waals surface area contributed by atoms with Crippen LogP contribution in [0.1, 0.15) is 5.76 Å². The second-order valence-corrected chi connectivity index (χ2v) is 6.22. The summed E-state index contributed by atoms with van der Waals surface area (Å²) in [6.45, 7) is 0. The minimum absolute atomic E-state index is 0.190. The third-order valence-electron chi connectivity index (χ3n) is 2.67. The first kappa shape index (κ1) is 13.4. The monoisotopic (exact) mass is 321 g/mol. The molecule has 0 bridgehead atoms. The fourth-order valence-electron chi connectivity index (χ4n) is 1.75. The molecule has 20 heavy (non-hydrogen) atoms. The van der Waals surface area contributed by atoms with Crippen molar-refractivity contribution in [2.45, 2.75) is 0 Å². The second-order valence-electron chi connectivity index (χ2n) is 4.06. The average molecular weight is 322 g/mol. The largest absolute Gasteiger partial charge is 0.457 e. The molecule has 3 nitrogen and oxygen atoms in total. The number of halogens is 1. The van der Waals surface area contributed by atoms with Crippen molar-refractivity contribution in [1.29, 1.82) is 0 Å². The van der Waals surface area contributed by atoms with Crippen LogP contribution >= 0.6 is 35.6 Å².